The Morgan fingerprint density at radius 1 is 0.654 bits per heavy atom. The van der Waals surface area contributed by atoms with Crippen molar-refractivity contribution < 1.29 is 14.0 Å². The Bertz CT molecular complexity index is 1260. The van der Waals surface area contributed by atoms with Gasteiger partial charge in [0.1, 0.15) is 28.3 Å². The summed E-state index contributed by atoms with van der Waals surface area (Å²) in [6.07, 6.45) is 0. The molecule has 0 aromatic heterocycles. The van der Waals surface area contributed by atoms with Crippen LogP contribution in [0.25, 0.3) is 10.8 Å². The number of rotatable bonds is 0. The molecule has 26 heavy (non-hydrogen) atoms. The third-order valence-electron chi connectivity index (χ3n) is 5.10. The van der Waals surface area contributed by atoms with E-state index in [1.807, 2.05) is 78.9 Å². The fraction of sp³-hybridized carbons (Fsp3) is 0. The molecule has 4 heteroatoms. The van der Waals surface area contributed by atoms with E-state index in [4.69, 9.17) is 9.47 Å². The van der Waals surface area contributed by atoms with Gasteiger partial charge in [-0.3, -0.25) is 0 Å². The Hall–Kier alpha value is -3.03. The van der Waals surface area contributed by atoms with Crippen LogP contribution in [0.4, 0.5) is 0 Å². The fourth-order valence-corrected chi connectivity index (χ4v) is 7.03. The van der Waals surface area contributed by atoms with Crippen molar-refractivity contribution in [3.8, 4) is 23.0 Å². The second-order valence-corrected chi connectivity index (χ2v) is 9.15. The van der Waals surface area contributed by atoms with E-state index >= 15 is 0 Å². The third kappa shape index (κ3) is 1.61. The minimum absolute atomic E-state index is 0.621. The first-order chi connectivity index (χ1) is 12.8. The van der Waals surface area contributed by atoms with Gasteiger partial charge < -0.3 is 14.0 Å². The second kappa shape index (κ2) is 4.78. The number of benzene rings is 4. The van der Waals surface area contributed by atoms with Crippen molar-refractivity contribution >= 4 is 33.8 Å². The predicted octanol–water partition coefficient (Wildman–Crippen LogP) is 4.69. The summed E-state index contributed by atoms with van der Waals surface area (Å²) in [6.45, 7) is 0. The molecule has 0 saturated carbocycles. The van der Waals surface area contributed by atoms with Crippen LogP contribution < -0.4 is 25.4 Å². The van der Waals surface area contributed by atoms with Crippen LogP contribution in [0.3, 0.4) is 0 Å². The lowest BCUT2D eigenvalue weighted by Crippen LogP contribution is -2.35. The van der Waals surface area contributed by atoms with Gasteiger partial charge in [-0.1, -0.05) is 48.5 Å². The van der Waals surface area contributed by atoms with Gasteiger partial charge in [-0.2, -0.15) is 0 Å². The van der Waals surface area contributed by atoms with Crippen LogP contribution in [-0.4, -0.2) is 0 Å². The summed E-state index contributed by atoms with van der Waals surface area (Å²) in [4.78, 5) is 0. The molecule has 0 aliphatic carbocycles. The summed E-state index contributed by atoms with van der Waals surface area (Å²) in [5.41, 5.74) is 0. The Balaban J connectivity index is 1.84. The smallest absolute Gasteiger partial charge is 0.185 e. The van der Waals surface area contributed by atoms with E-state index in [0.717, 1.165) is 21.4 Å². The average molecular weight is 356 g/mol. The van der Waals surface area contributed by atoms with E-state index in [9.17, 15) is 4.57 Å². The number of hydrogen-bond acceptors (Lipinski definition) is 3. The van der Waals surface area contributed by atoms with Gasteiger partial charge in [0, 0.05) is 5.39 Å². The zero-order chi connectivity index (χ0) is 17.3. The van der Waals surface area contributed by atoms with Gasteiger partial charge >= 0.3 is 0 Å². The van der Waals surface area contributed by atoms with Gasteiger partial charge in [-0.05, 0) is 35.7 Å². The van der Waals surface area contributed by atoms with Crippen LogP contribution >= 0.6 is 7.14 Å². The zero-order valence-electron chi connectivity index (χ0n) is 13.7. The molecule has 0 spiro atoms. The maximum atomic E-state index is 14.6. The van der Waals surface area contributed by atoms with Crippen molar-refractivity contribution in [2.45, 2.75) is 0 Å². The van der Waals surface area contributed by atoms with Crippen LogP contribution in [0.15, 0.2) is 78.9 Å². The summed E-state index contributed by atoms with van der Waals surface area (Å²) in [5.74, 6) is 2.58. The van der Waals surface area contributed by atoms with E-state index in [1.54, 1.807) is 0 Å². The Kier molecular flexibility index (Phi) is 2.60. The maximum absolute atomic E-state index is 14.6. The molecule has 2 aliphatic heterocycles. The summed E-state index contributed by atoms with van der Waals surface area (Å²) < 4.78 is 27.1. The highest BCUT2D eigenvalue weighted by atomic mass is 31.2. The predicted molar refractivity (Wildman–Crippen MR) is 103 cm³/mol. The van der Waals surface area contributed by atoms with Gasteiger partial charge in [-0.25, -0.2) is 0 Å². The molecule has 0 N–H and O–H groups in total. The summed E-state index contributed by atoms with van der Waals surface area (Å²) in [7, 11) is -3.07. The third-order valence-corrected chi connectivity index (χ3v) is 8.25. The molecule has 3 nitrogen and oxygen atoms in total. The van der Waals surface area contributed by atoms with Gasteiger partial charge in [0.2, 0.25) is 0 Å². The normalized spacial score (nSPS) is 18.9. The molecular weight excluding hydrogens is 343 g/mol. The molecule has 1 unspecified atom stereocenters. The zero-order valence-corrected chi connectivity index (χ0v) is 14.6. The van der Waals surface area contributed by atoms with E-state index in [2.05, 4.69) is 0 Å². The summed E-state index contributed by atoms with van der Waals surface area (Å²) in [5, 5.41) is 4.10. The Morgan fingerprint density at radius 2 is 1.27 bits per heavy atom. The summed E-state index contributed by atoms with van der Waals surface area (Å²) >= 11 is 0. The number of para-hydroxylation sites is 2. The number of ether oxygens (including phenoxy) is 2. The quantitative estimate of drug-likeness (QED) is 0.370. The minimum Gasteiger partial charge on any atom is -0.456 e. The lowest BCUT2D eigenvalue weighted by molar-refractivity contribution is 0.465. The number of hydrogen-bond donors (Lipinski definition) is 0. The van der Waals surface area contributed by atoms with Crippen molar-refractivity contribution in [3.05, 3.63) is 78.9 Å². The molecule has 0 amide bonds. The van der Waals surface area contributed by atoms with E-state index in [-0.39, 0.29) is 0 Å². The van der Waals surface area contributed by atoms with Crippen LogP contribution in [0.2, 0.25) is 0 Å². The van der Waals surface area contributed by atoms with Crippen molar-refractivity contribution in [2.24, 2.45) is 0 Å². The monoisotopic (exact) mass is 356 g/mol. The largest absolute Gasteiger partial charge is 0.456 e. The molecule has 0 radical (unpaired) electrons. The molecule has 124 valence electrons. The molecule has 0 bridgehead atoms. The SMILES string of the molecule is O=P12c3ccccc3Oc3cc4ccccc4c(c31)Oc1ccccc12. The maximum Gasteiger partial charge on any atom is 0.185 e. The van der Waals surface area contributed by atoms with Gasteiger partial charge in [0.15, 0.2) is 7.14 Å². The molecule has 2 aliphatic rings. The summed E-state index contributed by atoms with van der Waals surface area (Å²) in [6, 6.07) is 25.1. The number of fused-ring (bicyclic) bond motifs is 6. The topological polar surface area (TPSA) is 35.5 Å². The molecule has 0 fully saturated rings. The molecule has 0 saturated heterocycles. The first-order valence-corrected chi connectivity index (χ1v) is 10.2. The molecule has 4 aromatic carbocycles. The van der Waals surface area contributed by atoms with Crippen molar-refractivity contribution in [2.75, 3.05) is 0 Å². The first kappa shape index (κ1) is 14.2. The highest BCUT2D eigenvalue weighted by Crippen LogP contribution is 2.59. The van der Waals surface area contributed by atoms with Crippen molar-refractivity contribution in [3.63, 3.8) is 0 Å². The van der Waals surface area contributed by atoms with E-state index < -0.39 is 7.14 Å². The Morgan fingerprint density at radius 3 is 2.04 bits per heavy atom. The first-order valence-electron chi connectivity index (χ1n) is 8.48. The molecule has 6 rings (SSSR count). The average Bonchev–Trinajstić information content (AvgIpc) is 2.68. The molecule has 2 heterocycles. The standard InChI is InChI=1S/C22H13O3P/c23-26-19-11-5-3-9-16(19)24-18-13-14-7-1-2-8-15(14)21(22(18)26)25-17-10-4-6-12-20(17)26/h1-13H. The van der Waals surface area contributed by atoms with Crippen molar-refractivity contribution in [1.82, 2.24) is 0 Å². The van der Waals surface area contributed by atoms with E-state index in [0.29, 0.717) is 28.3 Å². The minimum atomic E-state index is -3.07. The van der Waals surface area contributed by atoms with Crippen LogP contribution in [-0.2, 0) is 4.57 Å². The second-order valence-electron chi connectivity index (χ2n) is 6.52. The highest BCUT2D eigenvalue weighted by Gasteiger charge is 2.46. The van der Waals surface area contributed by atoms with Crippen LogP contribution in [0.5, 0.6) is 23.0 Å². The lowest BCUT2D eigenvalue weighted by atomic mass is 10.1. The molecule has 1 atom stereocenters. The lowest BCUT2D eigenvalue weighted by Gasteiger charge is -2.35. The van der Waals surface area contributed by atoms with Gasteiger partial charge in [0.25, 0.3) is 0 Å². The highest BCUT2D eigenvalue weighted by molar-refractivity contribution is 7.86. The van der Waals surface area contributed by atoms with E-state index in [1.165, 1.54) is 0 Å². The van der Waals surface area contributed by atoms with Gasteiger partial charge in [-0.15, -0.1) is 0 Å². The van der Waals surface area contributed by atoms with Gasteiger partial charge in [0.05, 0.1) is 10.6 Å². The van der Waals surface area contributed by atoms with Crippen LogP contribution in [0, 0.1) is 0 Å². The fourth-order valence-electron chi connectivity index (χ4n) is 3.96. The van der Waals surface area contributed by atoms with Crippen molar-refractivity contribution in [1.29, 1.82) is 0 Å². The Labute approximate surface area is 150 Å². The molecular formula is C22H13O3P. The molecule has 4 aromatic rings. The van der Waals surface area contributed by atoms with Crippen LogP contribution in [0.1, 0.15) is 0 Å².